The average Bonchev–Trinajstić information content (AvgIpc) is 2.65. The van der Waals surface area contributed by atoms with E-state index in [0.717, 1.165) is 27.9 Å². The van der Waals surface area contributed by atoms with Gasteiger partial charge in [-0.15, -0.1) is 0 Å². The first-order valence-electron chi connectivity index (χ1n) is 10.7. The van der Waals surface area contributed by atoms with Gasteiger partial charge in [-0.3, -0.25) is 4.79 Å². The normalized spacial score (nSPS) is 12.3. The third-order valence-electron chi connectivity index (χ3n) is 5.24. The summed E-state index contributed by atoms with van der Waals surface area (Å²) in [5.41, 5.74) is 7.15. The van der Waals surface area contributed by atoms with Crippen LogP contribution in [-0.4, -0.2) is 31.3 Å². The SMILES string of the molecule is CN(C)c1ccc(C=NNC(=O)CCc2cc(C(C)(C)C)c(O)c(C(C)(C)C)c2)cc1. The molecule has 5 nitrogen and oxygen atoms in total. The minimum atomic E-state index is -0.186. The molecule has 0 unspecified atom stereocenters. The maximum atomic E-state index is 12.3. The van der Waals surface area contributed by atoms with Crippen molar-refractivity contribution >= 4 is 17.8 Å². The van der Waals surface area contributed by atoms with Crippen molar-refractivity contribution in [3.05, 3.63) is 58.7 Å². The van der Waals surface area contributed by atoms with Crippen molar-refractivity contribution in [2.75, 3.05) is 19.0 Å². The van der Waals surface area contributed by atoms with Crippen LogP contribution in [0.5, 0.6) is 5.75 Å². The molecule has 0 saturated heterocycles. The Balaban J connectivity index is 2.05. The Morgan fingerprint density at radius 2 is 1.52 bits per heavy atom. The summed E-state index contributed by atoms with van der Waals surface area (Å²) in [5.74, 6) is 0.224. The molecule has 0 fully saturated rings. The van der Waals surface area contributed by atoms with Crippen LogP contribution < -0.4 is 10.3 Å². The Morgan fingerprint density at radius 3 is 1.97 bits per heavy atom. The fraction of sp³-hybridized carbons (Fsp3) is 0.462. The second-order valence-electron chi connectivity index (χ2n) is 10.3. The molecule has 0 saturated carbocycles. The molecule has 31 heavy (non-hydrogen) atoms. The third-order valence-corrected chi connectivity index (χ3v) is 5.24. The van der Waals surface area contributed by atoms with Gasteiger partial charge in [0.15, 0.2) is 0 Å². The summed E-state index contributed by atoms with van der Waals surface area (Å²) in [7, 11) is 3.98. The molecule has 168 valence electrons. The van der Waals surface area contributed by atoms with Gasteiger partial charge in [-0.05, 0) is 51.6 Å². The summed E-state index contributed by atoms with van der Waals surface area (Å²) in [6, 6.07) is 12.0. The van der Waals surface area contributed by atoms with Crippen LogP contribution in [0.25, 0.3) is 0 Å². The van der Waals surface area contributed by atoms with E-state index in [1.807, 2.05) is 55.4 Å². The first-order valence-corrected chi connectivity index (χ1v) is 10.7. The summed E-state index contributed by atoms with van der Waals surface area (Å²) >= 11 is 0. The van der Waals surface area contributed by atoms with Gasteiger partial charge in [0.05, 0.1) is 6.21 Å². The summed E-state index contributed by atoms with van der Waals surface area (Å²) in [5, 5.41) is 14.9. The zero-order valence-corrected chi connectivity index (χ0v) is 20.2. The van der Waals surface area contributed by atoms with Crippen LogP contribution in [-0.2, 0) is 22.0 Å². The first-order chi connectivity index (χ1) is 14.3. The van der Waals surface area contributed by atoms with E-state index in [1.54, 1.807) is 6.21 Å². The second-order valence-corrected chi connectivity index (χ2v) is 10.3. The van der Waals surface area contributed by atoms with Crippen molar-refractivity contribution in [2.24, 2.45) is 5.10 Å². The molecule has 0 spiro atoms. The average molecular weight is 424 g/mol. The molecule has 1 amide bonds. The highest BCUT2D eigenvalue weighted by Crippen LogP contribution is 2.39. The van der Waals surface area contributed by atoms with Crippen molar-refractivity contribution in [2.45, 2.75) is 65.2 Å². The van der Waals surface area contributed by atoms with E-state index in [2.05, 4.69) is 52.1 Å². The lowest BCUT2D eigenvalue weighted by Gasteiger charge is -2.28. The highest BCUT2D eigenvalue weighted by molar-refractivity contribution is 5.83. The number of aryl methyl sites for hydroxylation is 1. The summed E-state index contributed by atoms with van der Waals surface area (Å²) < 4.78 is 0. The number of nitrogens with zero attached hydrogens (tertiary/aromatic N) is 2. The van der Waals surface area contributed by atoms with Crippen LogP contribution in [0.4, 0.5) is 5.69 Å². The fourth-order valence-corrected chi connectivity index (χ4v) is 3.33. The van der Waals surface area contributed by atoms with Gasteiger partial charge < -0.3 is 10.0 Å². The van der Waals surface area contributed by atoms with E-state index < -0.39 is 0 Å². The minimum absolute atomic E-state index is 0.135. The topological polar surface area (TPSA) is 64.9 Å². The van der Waals surface area contributed by atoms with Crippen molar-refractivity contribution < 1.29 is 9.90 Å². The molecule has 2 aromatic rings. The fourth-order valence-electron chi connectivity index (χ4n) is 3.33. The van der Waals surface area contributed by atoms with Gasteiger partial charge in [0, 0.05) is 26.2 Å². The Kier molecular flexibility index (Phi) is 7.53. The van der Waals surface area contributed by atoms with Gasteiger partial charge in [-0.1, -0.05) is 65.8 Å². The smallest absolute Gasteiger partial charge is 0.240 e. The van der Waals surface area contributed by atoms with Gasteiger partial charge in [-0.25, -0.2) is 5.43 Å². The lowest BCUT2D eigenvalue weighted by atomic mass is 9.78. The summed E-state index contributed by atoms with van der Waals surface area (Å²) in [6.07, 6.45) is 2.56. The van der Waals surface area contributed by atoms with Gasteiger partial charge in [0.1, 0.15) is 5.75 Å². The molecule has 0 aliphatic heterocycles. The van der Waals surface area contributed by atoms with Crippen LogP contribution in [0, 0.1) is 0 Å². The maximum absolute atomic E-state index is 12.3. The number of nitrogens with one attached hydrogen (secondary N) is 1. The van der Waals surface area contributed by atoms with E-state index in [0.29, 0.717) is 18.6 Å². The highest BCUT2D eigenvalue weighted by atomic mass is 16.3. The molecule has 0 atom stereocenters. The van der Waals surface area contributed by atoms with Crippen LogP contribution in [0.2, 0.25) is 0 Å². The number of rotatable bonds is 6. The number of carbonyl (C=O) groups excluding carboxylic acids is 1. The largest absolute Gasteiger partial charge is 0.507 e. The van der Waals surface area contributed by atoms with E-state index in [-0.39, 0.29) is 16.7 Å². The molecule has 0 bridgehead atoms. The number of hydrazone groups is 1. The Hall–Kier alpha value is -2.82. The zero-order chi connectivity index (χ0) is 23.4. The van der Waals surface area contributed by atoms with Crippen LogP contribution in [0.3, 0.4) is 0 Å². The van der Waals surface area contributed by atoms with E-state index in [9.17, 15) is 9.90 Å². The van der Waals surface area contributed by atoms with Gasteiger partial charge in [0.2, 0.25) is 5.91 Å². The van der Waals surface area contributed by atoms with Crippen molar-refractivity contribution in [3.63, 3.8) is 0 Å². The van der Waals surface area contributed by atoms with E-state index in [1.165, 1.54) is 0 Å². The molecular weight excluding hydrogens is 386 g/mol. The lowest BCUT2D eigenvalue weighted by molar-refractivity contribution is -0.121. The van der Waals surface area contributed by atoms with Crippen molar-refractivity contribution in [1.82, 2.24) is 5.43 Å². The molecule has 0 aliphatic rings. The van der Waals surface area contributed by atoms with Crippen LogP contribution in [0.1, 0.15) is 70.2 Å². The standard InChI is InChI=1S/C26H37N3O2/c1-25(2,3)21-15-19(16-22(24(21)31)26(4,5)6)11-14-23(30)28-27-17-18-9-12-20(13-10-18)29(7)8/h9-10,12-13,15-17,31H,11,14H2,1-8H3,(H,28,30). The van der Waals surface area contributed by atoms with E-state index in [4.69, 9.17) is 0 Å². The van der Waals surface area contributed by atoms with Crippen LogP contribution >= 0.6 is 0 Å². The Bertz CT molecular complexity index is 896. The number of hydrogen-bond donors (Lipinski definition) is 2. The number of carbonyl (C=O) groups is 1. The predicted octanol–water partition coefficient (Wildman–Crippen LogP) is 5.14. The van der Waals surface area contributed by atoms with Crippen molar-refractivity contribution in [3.8, 4) is 5.75 Å². The van der Waals surface area contributed by atoms with Crippen molar-refractivity contribution in [1.29, 1.82) is 0 Å². The number of benzene rings is 2. The molecule has 0 radical (unpaired) electrons. The number of hydrogen-bond acceptors (Lipinski definition) is 4. The molecule has 2 N–H and O–H groups in total. The van der Waals surface area contributed by atoms with Crippen LogP contribution in [0.15, 0.2) is 41.5 Å². The minimum Gasteiger partial charge on any atom is -0.507 e. The number of phenols is 1. The monoisotopic (exact) mass is 423 g/mol. The Morgan fingerprint density at radius 1 is 1.00 bits per heavy atom. The first kappa shape index (κ1) is 24.4. The van der Waals surface area contributed by atoms with Gasteiger partial charge in [-0.2, -0.15) is 5.10 Å². The Labute approximate surface area is 187 Å². The maximum Gasteiger partial charge on any atom is 0.240 e. The molecule has 0 aromatic heterocycles. The third kappa shape index (κ3) is 6.84. The summed E-state index contributed by atoms with van der Waals surface area (Å²) in [6.45, 7) is 12.5. The van der Waals surface area contributed by atoms with Gasteiger partial charge >= 0.3 is 0 Å². The molecule has 2 aromatic carbocycles. The number of anilines is 1. The lowest BCUT2D eigenvalue weighted by Crippen LogP contribution is -2.20. The molecule has 0 aliphatic carbocycles. The quantitative estimate of drug-likeness (QED) is 0.500. The molecule has 5 heteroatoms. The van der Waals surface area contributed by atoms with Gasteiger partial charge in [0.25, 0.3) is 0 Å². The number of aromatic hydroxyl groups is 1. The van der Waals surface area contributed by atoms with E-state index >= 15 is 0 Å². The summed E-state index contributed by atoms with van der Waals surface area (Å²) in [4.78, 5) is 14.3. The molecule has 0 heterocycles. The number of phenolic OH excluding ortho intramolecular Hbond substituents is 1. The zero-order valence-electron chi connectivity index (χ0n) is 20.2. The highest BCUT2D eigenvalue weighted by Gasteiger charge is 2.26. The second kappa shape index (κ2) is 9.54. The molecular formula is C26H37N3O2. The predicted molar refractivity (Wildman–Crippen MR) is 130 cm³/mol. The number of amides is 1. The molecule has 2 rings (SSSR count).